The molecule has 0 aliphatic carbocycles. The number of likely N-dealkylation sites (N-methyl/N-ethyl adjacent to an activating group) is 1. The maximum Gasteiger partial charge on any atom is 0.241 e. The fourth-order valence-electron chi connectivity index (χ4n) is 1.76. The quantitative estimate of drug-likeness (QED) is 0.841. The van der Waals surface area contributed by atoms with Crippen molar-refractivity contribution in [1.82, 2.24) is 10.2 Å². The number of nitrogens with one attached hydrogen (secondary N) is 2. The Labute approximate surface area is 134 Å². The number of hydrogen-bond acceptors (Lipinski definition) is 3. The highest BCUT2D eigenvalue weighted by molar-refractivity contribution is 6.33. The standard InChI is InChI=1S/C15H21ClFN3O2/c1-9(2)18-14(21)8-20(4)10(3)15(22)19-13-6-5-11(17)7-12(13)16/h5-7,9-10H,8H2,1-4H3,(H,18,21)(H,19,22)/t10-/m1/s1. The Kier molecular flexibility index (Phi) is 6.77. The first kappa shape index (κ1) is 18.4. The Morgan fingerprint density at radius 2 is 1.95 bits per heavy atom. The zero-order valence-electron chi connectivity index (χ0n) is 13.1. The lowest BCUT2D eigenvalue weighted by Crippen LogP contribution is -2.46. The topological polar surface area (TPSA) is 61.4 Å². The Morgan fingerprint density at radius 1 is 1.32 bits per heavy atom. The van der Waals surface area contributed by atoms with Crippen LogP contribution in [0.1, 0.15) is 20.8 Å². The lowest BCUT2D eigenvalue weighted by atomic mass is 10.2. The summed E-state index contributed by atoms with van der Waals surface area (Å²) in [5.74, 6) is -0.955. The summed E-state index contributed by atoms with van der Waals surface area (Å²) in [4.78, 5) is 25.5. The predicted molar refractivity (Wildman–Crippen MR) is 85.4 cm³/mol. The molecule has 5 nitrogen and oxygen atoms in total. The molecule has 0 saturated heterocycles. The highest BCUT2D eigenvalue weighted by Gasteiger charge is 2.21. The molecule has 2 N–H and O–H groups in total. The maximum absolute atomic E-state index is 13.0. The molecule has 1 rings (SSSR count). The molecule has 122 valence electrons. The zero-order chi connectivity index (χ0) is 16.9. The predicted octanol–water partition coefficient (Wildman–Crippen LogP) is 2.26. The number of hydrogen-bond donors (Lipinski definition) is 2. The summed E-state index contributed by atoms with van der Waals surface area (Å²) in [5.41, 5.74) is 0.333. The average Bonchev–Trinajstić information content (AvgIpc) is 2.39. The molecule has 0 heterocycles. The van der Waals surface area contributed by atoms with E-state index in [2.05, 4.69) is 10.6 Å². The second kappa shape index (κ2) is 8.10. The van der Waals surface area contributed by atoms with Crippen molar-refractivity contribution in [2.45, 2.75) is 32.9 Å². The molecule has 22 heavy (non-hydrogen) atoms. The minimum absolute atomic E-state index is 0.0445. The third kappa shape index (κ3) is 5.61. The summed E-state index contributed by atoms with van der Waals surface area (Å²) in [6.45, 7) is 5.51. The van der Waals surface area contributed by atoms with E-state index >= 15 is 0 Å². The molecule has 1 aromatic carbocycles. The van der Waals surface area contributed by atoms with Gasteiger partial charge in [0.1, 0.15) is 5.82 Å². The minimum Gasteiger partial charge on any atom is -0.353 e. The second-order valence-electron chi connectivity index (χ2n) is 5.43. The molecule has 2 amide bonds. The molecule has 0 spiro atoms. The Hall–Kier alpha value is -1.66. The third-order valence-electron chi connectivity index (χ3n) is 3.07. The van der Waals surface area contributed by atoms with Crippen molar-refractivity contribution < 1.29 is 14.0 Å². The lowest BCUT2D eigenvalue weighted by Gasteiger charge is -2.24. The molecule has 0 aliphatic heterocycles. The summed E-state index contributed by atoms with van der Waals surface area (Å²) in [6, 6.07) is 3.24. The second-order valence-corrected chi connectivity index (χ2v) is 5.83. The van der Waals surface area contributed by atoms with Crippen molar-refractivity contribution >= 4 is 29.1 Å². The molecule has 0 radical (unpaired) electrons. The van der Waals surface area contributed by atoms with E-state index < -0.39 is 11.9 Å². The van der Waals surface area contributed by atoms with Crippen molar-refractivity contribution in [3.05, 3.63) is 29.0 Å². The van der Waals surface area contributed by atoms with E-state index in [1.165, 1.54) is 12.1 Å². The Morgan fingerprint density at radius 3 is 2.50 bits per heavy atom. The minimum atomic E-state index is -0.543. The third-order valence-corrected chi connectivity index (χ3v) is 3.38. The van der Waals surface area contributed by atoms with Gasteiger partial charge in [-0.05, 0) is 46.0 Å². The van der Waals surface area contributed by atoms with Crippen LogP contribution in [0.2, 0.25) is 5.02 Å². The molecule has 0 fully saturated rings. The van der Waals surface area contributed by atoms with E-state index in [9.17, 15) is 14.0 Å². The molecule has 7 heteroatoms. The summed E-state index contributed by atoms with van der Waals surface area (Å²) in [6.07, 6.45) is 0. The molecule has 1 atom stereocenters. The molecule has 0 aromatic heterocycles. The number of carbonyl (C=O) groups is 2. The molecular weight excluding hydrogens is 309 g/mol. The number of halogens is 2. The van der Waals surface area contributed by atoms with Gasteiger partial charge in [-0.25, -0.2) is 4.39 Å². The monoisotopic (exact) mass is 329 g/mol. The van der Waals surface area contributed by atoms with Gasteiger partial charge < -0.3 is 10.6 Å². The van der Waals surface area contributed by atoms with Gasteiger partial charge in [0.15, 0.2) is 0 Å². The fraction of sp³-hybridized carbons (Fsp3) is 0.467. The molecular formula is C15H21ClFN3O2. The normalized spacial score (nSPS) is 12.4. The van der Waals surface area contributed by atoms with Gasteiger partial charge in [-0.15, -0.1) is 0 Å². The number of benzene rings is 1. The van der Waals surface area contributed by atoms with E-state index in [0.29, 0.717) is 5.69 Å². The summed E-state index contributed by atoms with van der Waals surface area (Å²) < 4.78 is 13.0. The van der Waals surface area contributed by atoms with Crippen LogP contribution in [0, 0.1) is 5.82 Å². The van der Waals surface area contributed by atoms with Crippen LogP contribution in [0.3, 0.4) is 0 Å². The van der Waals surface area contributed by atoms with Gasteiger partial charge in [-0.3, -0.25) is 14.5 Å². The van der Waals surface area contributed by atoms with Gasteiger partial charge >= 0.3 is 0 Å². The summed E-state index contributed by atoms with van der Waals surface area (Å²) in [5, 5.41) is 5.50. The SMILES string of the molecule is CC(C)NC(=O)CN(C)[C@H](C)C(=O)Nc1ccc(F)cc1Cl. The highest BCUT2D eigenvalue weighted by Crippen LogP contribution is 2.22. The van der Waals surface area contributed by atoms with Gasteiger partial charge in [0.2, 0.25) is 11.8 Å². The van der Waals surface area contributed by atoms with Crippen LogP contribution in [0.25, 0.3) is 0 Å². The van der Waals surface area contributed by atoms with Crippen LogP contribution in [0.5, 0.6) is 0 Å². The van der Waals surface area contributed by atoms with Crippen LogP contribution in [-0.4, -0.2) is 42.4 Å². The van der Waals surface area contributed by atoms with Crippen molar-refractivity contribution in [2.75, 3.05) is 18.9 Å². The van der Waals surface area contributed by atoms with E-state index in [0.717, 1.165) is 6.07 Å². The number of amides is 2. The van der Waals surface area contributed by atoms with Gasteiger partial charge in [-0.2, -0.15) is 0 Å². The van der Waals surface area contributed by atoms with E-state index in [-0.39, 0.29) is 29.4 Å². The summed E-state index contributed by atoms with van der Waals surface area (Å²) >= 11 is 5.87. The molecule has 0 bridgehead atoms. The van der Waals surface area contributed by atoms with Crippen molar-refractivity contribution in [3.8, 4) is 0 Å². The maximum atomic E-state index is 13.0. The summed E-state index contributed by atoms with van der Waals surface area (Å²) in [7, 11) is 1.68. The largest absolute Gasteiger partial charge is 0.353 e. The number of carbonyl (C=O) groups excluding carboxylic acids is 2. The zero-order valence-corrected chi connectivity index (χ0v) is 13.9. The fourth-order valence-corrected chi connectivity index (χ4v) is 1.97. The van der Waals surface area contributed by atoms with E-state index in [1.807, 2.05) is 13.8 Å². The van der Waals surface area contributed by atoms with Crippen molar-refractivity contribution in [2.24, 2.45) is 0 Å². The Balaban J connectivity index is 2.62. The van der Waals surface area contributed by atoms with Gasteiger partial charge in [0, 0.05) is 6.04 Å². The highest BCUT2D eigenvalue weighted by atomic mass is 35.5. The van der Waals surface area contributed by atoms with Gasteiger partial charge in [0.25, 0.3) is 0 Å². The number of rotatable bonds is 6. The van der Waals surface area contributed by atoms with E-state index in [4.69, 9.17) is 11.6 Å². The number of anilines is 1. The van der Waals surface area contributed by atoms with Crippen LogP contribution in [0.15, 0.2) is 18.2 Å². The van der Waals surface area contributed by atoms with Crippen molar-refractivity contribution in [3.63, 3.8) is 0 Å². The first-order valence-electron chi connectivity index (χ1n) is 6.96. The molecule has 0 unspecified atom stereocenters. The molecule has 1 aromatic rings. The lowest BCUT2D eigenvalue weighted by molar-refractivity contribution is -0.125. The smallest absolute Gasteiger partial charge is 0.241 e. The average molecular weight is 330 g/mol. The molecule has 0 aliphatic rings. The van der Waals surface area contributed by atoms with E-state index in [1.54, 1.807) is 18.9 Å². The molecule has 0 saturated carbocycles. The first-order valence-corrected chi connectivity index (χ1v) is 7.34. The first-order chi connectivity index (χ1) is 10.2. The van der Waals surface area contributed by atoms with Gasteiger partial charge in [-0.1, -0.05) is 11.6 Å². The van der Waals surface area contributed by atoms with Crippen LogP contribution in [0.4, 0.5) is 10.1 Å². The van der Waals surface area contributed by atoms with Crippen molar-refractivity contribution in [1.29, 1.82) is 0 Å². The van der Waals surface area contributed by atoms with Crippen LogP contribution >= 0.6 is 11.6 Å². The van der Waals surface area contributed by atoms with Gasteiger partial charge in [0.05, 0.1) is 23.3 Å². The Bertz CT molecular complexity index is 552. The number of nitrogens with zero attached hydrogens (tertiary/aromatic N) is 1. The van der Waals surface area contributed by atoms with Crippen LogP contribution in [-0.2, 0) is 9.59 Å². The van der Waals surface area contributed by atoms with Crippen LogP contribution < -0.4 is 10.6 Å².